The van der Waals surface area contributed by atoms with Gasteiger partial charge < -0.3 is 20.6 Å². The van der Waals surface area contributed by atoms with Crippen molar-refractivity contribution in [1.82, 2.24) is 5.32 Å². The number of hydrogen-bond acceptors (Lipinski definition) is 6. The first-order chi connectivity index (χ1) is 16.3. The monoisotopic (exact) mass is 515 g/mol. The van der Waals surface area contributed by atoms with Crippen LogP contribution < -0.4 is 5.32 Å². The highest BCUT2D eigenvalue weighted by Crippen LogP contribution is 2.68. The van der Waals surface area contributed by atoms with E-state index in [-0.39, 0.29) is 65.4 Å². The zero-order valence-corrected chi connectivity index (χ0v) is 22.2. The van der Waals surface area contributed by atoms with E-state index < -0.39 is 28.1 Å². The zero-order valence-electron chi connectivity index (χ0n) is 21.4. The summed E-state index contributed by atoms with van der Waals surface area (Å²) in [5, 5.41) is 35.8. The third-order valence-corrected chi connectivity index (χ3v) is 11.7. The third-order valence-electron chi connectivity index (χ3n) is 11.0. The fraction of sp³-hybridized carbons (Fsp3) is 0.962. The molecule has 0 radical (unpaired) electrons. The highest BCUT2D eigenvalue weighted by atomic mass is 32.2. The van der Waals surface area contributed by atoms with Gasteiger partial charge in [-0.1, -0.05) is 20.8 Å². The van der Waals surface area contributed by atoms with E-state index in [1.165, 1.54) is 0 Å². The van der Waals surface area contributed by atoms with Crippen LogP contribution in [0.25, 0.3) is 0 Å². The van der Waals surface area contributed by atoms with Crippen molar-refractivity contribution in [2.75, 3.05) is 12.3 Å². The molecule has 202 valence electrons. The molecule has 0 spiro atoms. The Morgan fingerprint density at radius 2 is 1.77 bits per heavy atom. The van der Waals surface area contributed by atoms with Gasteiger partial charge in [0.15, 0.2) is 0 Å². The Balaban J connectivity index is 1.43. The summed E-state index contributed by atoms with van der Waals surface area (Å²) < 4.78 is 30.5. The SMILES string of the molecule is C[C@H](CCC(=O)NCCS(=O)(=O)O)C1CCC2C3C(C[C@H](O)[C@@]21C)[C@@]1(C)CC[C@@H](O)C[C@H]1C[C@H]3O. The van der Waals surface area contributed by atoms with Gasteiger partial charge in [0.2, 0.25) is 5.91 Å². The molecule has 0 aromatic rings. The fourth-order valence-electron chi connectivity index (χ4n) is 9.10. The number of fused-ring (bicyclic) bond motifs is 5. The molecule has 0 saturated heterocycles. The van der Waals surface area contributed by atoms with Gasteiger partial charge in [-0.05, 0) is 97.7 Å². The Hall–Kier alpha value is -0.740. The number of rotatable bonds is 7. The standard InChI is InChI=1S/C26H45NO7S/c1-15(4-7-23(31)27-10-11-35(32,33)34)18-5-6-19-24-20(14-22(30)26(18,19)3)25(2)9-8-17(28)12-16(25)13-21(24)29/h15-22,24,28-30H,4-14H2,1-3H3,(H,27,31)(H,32,33,34)/t15-,16+,17-,18?,19?,20?,21-,22+,24?,25+,26-/m1/s1. The van der Waals surface area contributed by atoms with E-state index >= 15 is 0 Å². The van der Waals surface area contributed by atoms with Crippen LogP contribution in [0, 0.1) is 46.3 Å². The third kappa shape index (κ3) is 5.05. The van der Waals surface area contributed by atoms with E-state index in [4.69, 9.17) is 4.55 Å². The van der Waals surface area contributed by atoms with Gasteiger partial charge in [0.25, 0.3) is 10.1 Å². The van der Waals surface area contributed by atoms with Crippen LogP contribution in [0.4, 0.5) is 0 Å². The van der Waals surface area contributed by atoms with E-state index in [0.717, 1.165) is 38.5 Å². The second-order valence-electron chi connectivity index (χ2n) is 12.7. The average molecular weight is 516 g/mol. The lowest BCUT2D eigenvalue weighted by molar-refractivity contribution is -0.207. The molecule has 4 unspecified atom stereocenters. The maximum Gasteiger partial charge on any atom is 0.266 e. The second-order valence-corrected chi connectivity index (χ2v) is 14.2. The van der Waals surface area contributed by atoms with Crippen molar-refractivity contribution in [2.45, 2.75) is 96.9 Å². The minimum Gasteiger partial charge on any atom is -0.393 e. The quantitative estimate of drug-likeness (QED) is 0.327. The number of aliphatic hydroxyl groups is 3. The number of hydrogen-bond donors (Lipinski definition) is 5. The number of carbonyl (C=O) groups is 1. The Labute approximate surface area is 210 Å². The molecule has 9 heteroatoms. The van der Waals surface area contributed by atoms with Crippen LogP contribution >= 0.6 is 0 Å². The molecule has 4 aliphatic carbocycles. The number of amides is 1. The summed E-state index contributed by atoms with van der Waals surface area (Å²) in [5.41, 5.74) is -0.254. The highest BCUT2D eigenvalue weighted by Gasteiger charge is 2.65. The number of carbonyl (C=O) groups excluding carboxylic acids is 1. The summed E-state index contributed by atoms with van der Waals surface area (Å²) in [6, 6.07) is 0. The lowest BCUT2D eigenvalue weighted by atomic mass is 9.43. The van der Waals surface area contributed by atoms with Crippen molar-refractivity contribution >= 4 is 16.0 Å². The van der Waals surface area contributed by atoms with Crippen molar-refractivity contribution < 1.29 is 33.1 Å². The first-order valence-electron chi connectivity index (χ1n) is 13.5. The molecular formula is C26H45NO7S. The van der Waals surface area contributed by atoms with Crippen LogP contribution in [0.5, 0.6) is 0 Å². The van der Waals surface area contributed by atoms with Crippen molar-refractivity contribution in [3.05, 3.63) is 0 Å². The maximum atomic E-state index is 12.2. The van der Waals surface area contributed by atoms with Crippen LogP contribution in [-0.4, -0.2) is 64.8 Å². The average Bonchev–Trinajstić information content (AvgIpc) is 3.12. The molecule has 0 aliphatic heterocycles. The van der Waals surface area contributed by atoms with Crippen LogP contribution in [0.15, 0.2) is 0 Å². The first kappa shape index (κ1) is 27.3. The van der Waals surface area contributed by atoms with Crippen LogP contribution in [-0.2, 0) is 14.9 Å². The zero-order chi connectivity index (χ0) is 25.8. The van der Waals surface area contributed by atoms with Crippen molar-refractivity contribution in [2.24, 2.45) is 46.3 Å². The number of nitrogens with one attached hydrogen (secondary N) is 1. The Kier molecular flexibility index (Phi) is 7.69. The lowest BCUT2D eigenvalue weighted by Gasteiger charge is -2.63. The smallest absolute Gasteiger partial charge is 0.266 e. The minimum absolute atomic E-state index is 0.0509. The molecule has 8 nitrogen and oxygen atoms in total. The molecule has 4 fully saturated rings. The Morgan fingerprint density at radius 1 is 1.06 bits per heavy atom. The van der Waals surface area contributed by atoms with Gasteiger partial charge in [-0.3, -0.25) is 9.35 Å². The van der Waals surface area contributed by atoms with Crippen LogP contribution in [0.2, 0.25) is 0 Å². The molecule has 4 rings (SSSR count). The summed E-state index contributed by atoms with van der Waals surface area (Å²) in [7, 11) is -4.10. The molecule has 0 heterocycles. The van der Waals surface area contributed by atoms with Gasteiger partial charge in [0, 0.05) is 13.0 Å². The van der Waals surface area contributed by atoms with E-state index in [1.807, 2.05) is 0 Å². The predicted molar refractivity (Wildman–Crippen MR) is 132 cm³/mol. The second kappa shape index (κ2) is 9.86. The van der Waals surface area contributed by atoms with Gasteiger partial charge in [-0.25, -0.2) is 0 Å². The van der Waals surface area contributed by atoms with Crippen molar-refractivity contribution in [3.63, 3.8) is 0 Å². The summed E-state index contributed by atoms with van der Waals surface area (Å²) >= 11 is 0. The maximum absolute atomic E-state index is 12.2. The summed E-state index contributed by atoms with van der Waals surface area (Å²) in [5.74, 6) is 0.705. The van der Waals surface area contributed by atoms with Crippen LogP contribution in [0.3, 0.4) is 0 Å². The molecule has 5 N–H and O–H groups in total. The summed E-state index contributed by atoms with van der Waals surface area (Å²) in [4.78, 5) is 12.2. The van der Waals surface area contributed by atoms with E-state index in [0.29, 0.717) is 18.8 Å². The molecule has 0 bridgehead atoms. The molecule has 4 aliphatic rings. The normalized spacial score (nSPS) is 46.3. The van der Waals surface area contributed by atoms with Crippen molar-refractivity contribution in [1.29, 1.82) is 0 Å². The molecule has 35 heavy (non-hydrogen) atoms. The van der Waals surface area contributed by atoms with Gasteiger partial charge in [0.05, 0.1) is 24.1 Å². The minimum atomic E-state index is -4.10. The Bertz CT molecular complexity index is 896. The van der Waals surface area contributed by atoms with Gasteiger partial charge >= 0.3 is 0 Å². The largest absolute Gasteiger partial charge is 0.393 e. The number of aliphatic hydroxyl groups excluding tert-OH is 3. The summed E-state index contributed by atoms with van der Waals surface area (Å²) in [6.07, 6.45) is 5.67. The summed E-state index contributed by atoms with van der Waals surface area (Å²) in [6.45, 7) is 6.56. The lowest BCUT2D eigenvalue weighted by Crippen LogP contribution is -2.62. The van der Waals surface area contributed by atoms with Gasteiger partial charge in [0.1, 0.15) is 0 Å². The molecular weight excluding hydrogens is 470 g/mol. The van der Waals surface area contributed by atoms with E-state index in [9.17, 15) is 28.5 Å². The highest BCUT2D eigenvalue weighted by molar-refractivity contribution is 7.85. The topological polar surface area (TPSA) is 144 Å². The van der Waals surface area contributed by atoms with Crippen LogP contribution in [0.1, 0.15) is 78.6 Å². The van der Waals surface area contributed by atoms with Gasteiger partial charge in [-0.15, -0.1) is 0 Å². The predicted octanol–water partition coefficient (Wildman–Crippen LogP) is 2.37. The van der Waals surface area contributed by atoms with Gasteiger partial charge in [-0.2, -0.15) is 8.42 Å². The molecule has 4 saturated carbocycles. The van der Waals surface area contributed by atoms with Crippen molar-refractivity contribution in [3.8, 4) is 0 Å². The molecule has 0 aromatic heterocycles. The van der Waals surface area contributed by atoms with E-state index in [2.05, 4.69) is 26.1 Å². The molecule has 0 aromatic carbocycles. The molecule has 1 amide bonds. The first-order valence-corrected chi connectivity index (χ1v) is 15.1. The molecule has 11 atom stereocenters. The Morgan fingerprint density at radius 3 is 2.46 bits per heavy atom. The van der Waals surface area contributed by atoms with E-state index in [1.54, 1.807) is 0 Å². The fourth-order valence-corrected chi connectivity index (χ4v) is 9.46.